The van der Waals surface area contributed by atoms with E-state index in [1.54, 1.807) is 54.1 Å². The van der Waals surface area contributed by atoms with E-state index in [0.29, 0.717) is 29.0 Å². The zero-order valence-corrected chi connectivity index (χ0v) is 19.1. The highest BCUT2D eigenvalue weighted by Gasteiger charge is 2.17. The molecule has 0 amide bonds. The highest BCUT2D eigenvalue weighted by atomic mass is 35.5. The van der Waals surface area contributed by atoms with Crippen LogP contribution in [-0.4, -0.2) is 28.2 Å². The molecule has 0 aliphatic heterocycles. The van der Waals surface area contributed by atoms with Crippen LogP contribution in [0.5, 0.6) is 11.6 Å². The van der Waals surface area contributed by atoms with Gasteiger partial charge in [0.1, 0.15) is 16.5 Å². The Morgan fingerprint density at radius 3 is 2.34 bits per heavy atom. The first-order valence-electron chi connectivity index (χ1n) is 9.66. The molecule has 0 fully saturated rings. The largest absolute Gasteiger partial charge is 0.439 e. The molecule has 2 heterocycles. The van der Waals surface area contributed by atoms with Gasteiger partial charge in [0.25, 0.3) is 10.0 Å². The molecule has 4 rings (SSSR count). The molecule has 2 aromatic heterocycles. The van der Waals surface area contributed by atoms with Gasteiger partial charge >= 0.3 is 0 Å². The van der Waals surface area contributed by atoms with Gasteiger partial charge in [0, 0.05) is 17.4 Å². The second kappa shape index (κ2) is 8.60. The van der Waals surface area contributed by atoms with E-state index in [4.69, 9.17) is 16.3 Å². The smallest absolute Gasteiger partial charge is 0.263 e. The Morgan fingerprint density at radius 1 is 0.969 bits per heavy atom. The van der Waals surface area contributed by atoms with Crippen molar-refractivity contribution in [3.8, 4) is 17.4 Å². The van der Waals surface area contributed by atoms with Crippen molar-refractivity contribution in [3.05, 3.63) is 82.9 Å². The van der Waals surface area contributed by atoms with Crippen molar-refractivity contribution in [3.63, 3.8) is 0 Å². The molecule has 164 valence electrons. The van der Waals surface area contributed by atoms with E-state index >= 15 is 0 Å². The number of nitrogens with zero attached hydrogens (tertiary/aromatic N) is 4. The molecule has 2 aromatic carbocycles. The van der Waals surface area contributed by atoms with Gasteiger partial charge in [0.15, 0.2) is 5.82 Å². The number of rotatable bonds is 6. The molecular weight excluding hydrogens is 450 g/mol. The summed E-state index contributed by atoms with van der Waals surface area (Å²) < 4.78 is 35.3. The van der Waals surface area contributed by atoms with Gasteiger partial charge in [-0.1, -0.05) is 23.7 Å². The van der Waals surface area contributed by atoms with Gasteiger partial charge in [0.2, 0.25) is 5.88 Å². The Hall–Kier alpha value is -3.43. The van der Waals surface area contributed by atoms with E-state index < -0.39 is 10.0 Å². The minimum Gasteiger partial charge on any atom is -0.439 e. The van der Waals surface area contributed by atoms with Crippen molar-refractivity contribution in [1.82, 2.24) is 19.7 Å². The number of benzene rings is 2. The van der Waals surface area contributed by atoms with Crippen LogP contribution in [0.2, 0.25) is 5.02 Å². The first-order chi connectivity index (χ1) is 15.2. The van der Waals surface area contributed by atoms with E-state index in [1.165, 1.54) is 12.1 Å². The van der Waals surface area contributed by atoms with Crippen molar-refractivity contribution in [2.45, 2.75) is 25.7 Å². The number of hydrogen-bond acceptors (Lipinski definition) is 6. The third kappa shape index (κ3) is 4.74. The predicted octanol–water partition coefficient (Wildman–Crippen LogP) is 4.83. The average Bonchev–Trinajstić information content (AvgIpc) is 3.07. The molecule has 4 aromatic rings. The molecule has 10 heteroatoms. The molecule has 0 aliphatic carbocycles. The SMILES string of the molecule is Cc1cc(C)n(-c2cc(Oc3ccc(NS(=O)(=O)c4ccccc4Cl)cc3)nc(C)n2)n1. The maximum atomic E-state index is 12.6. The fourth-order valence-corrected chi connectivity index (χ4v) is 4.71. The lowest BCUT2D eigenvalue weighted by Gasteiger charge is -2.11. The Balaban J connectivity index is 1.53. The molecule has 0 radical (unpaired) electrons. The molecule has 0 saturated heterocycles. The molecule has 0 saturated carbocycles. The van der Waals surface area contributed by atoms with Crippen LogP contribution in [0.15, 0.2) is 65.6 Å². The van der Waals surface area contributed by atoms with E-state index in [-0.39, 0.29) is 9.92 Å². The topological polar surface area (TPSA) is 99.0 Å². The molecule has 0 unspecified atom stereocenters. The van der Waals surface area contributed by atoms with Crippen molar-refractivity contribution in [2.75, 3.05) is 4.72 Å². The summed E-state index contributed by atoms with van der Waals surface area (Å²) in [5, 5.41) is 4.59. The predicted molar refractivity (Wildman–Crippen MR) is 122 cm³/mol. The van der Waals surface area contributed by atoms with Gasteiger partial charge in [-0.15, -0.1) is 0 Å². The van der Waals surface area contributed by atoms with Crippen LogP contribution in [0.25, 0.3) is 5.82 Å². The van der Waals surface area contributed by atoms with Gasteiger partial charge in [-0.3, -0.25) is 4.72 Å². The summed E-state index contributed by atoms with van der Waals surface area (Å²) in [4.78, 5) is 8.76. The van der Waals surface area contributed by atoms with E-state index in [2.05, 4.69) is 19.8 Å². The minimum atomic E-state index is -3.81. The fourth-order valence-electron chi connectivity index (χ4n) is 3.13. The molecule has 1 N–H and O–H groups in total. The summed E-state index contributed by atoms with van der Waals surface area (Å²) in [6.45, 7) is 5.63. The summed E-state index contributed by atoms with van der Waals surface area (Å²) in [6.07, 6.45) is 0. The van der Waals surface area contributed by atoms with Gasteiger partial charge in [0.05, 0.1) is 10.7 Å². The number of aryl methyl sites for hydroxylation is 3. The molecule has 0 bridgehead atoms. The number of anilines is 1. The van der Waals surface area contributed by atoms with Gasteiger partial charge in [-0.25, -0.2) is 18.1 Å². The van der Waals surface area contributed by atoms with E-state index in [9.17, 15) is 8.42 Å². The monoisotopic (exact) mass is 469 g/mol. The molecule has 32 heavy (non-hydrogen) atoms. The number of hydrogen-bond donors (Lipinski definition) is 1. The lowest BCUT2D eigenvalue weighted by atomic mass is 10.3. The van der Waals surface area contributed by atoms with Crippen LogP contribution >= 0.6 is 11.6 Å². The Bertz CT molecular complexity index is 1390. The summed E-state index contributed by atoms with van der Waals surface area (Å²) in [5.74, 6) is 1.98. The quantitative estimate of drug-likeness (QED) is 0.434. The number of nitrogens with one attached hydrogen (secondary N) is 1. The fraction of sp³-hybridized carbons (Fsp3) is 0.136. The first-order valence-corrected chi connectivity index (χ1v) is 11.5. The Kier molecular flexibility index (Phi) is 5.86. The average molecular weight is 470 g/mol. The van der Waals surface area contributed by atoms with Gasteiger partial charge < -0.3 is 4.74 Å². The lowest BCUT2D eigenvalue weighted by Crippen LogP contribution is -2.13. The first kappa shape index (κ1) is 21.8. The summed E-state index contributed by atoms with van der Waals surface area (Å²) in [7, 11) is -3.81. The van der Waals surface area contributed by atoms with Gasteiger partial charge in [-0.2, -0.15) is 10.1 Å². The maximum Gasteiger partial charge on any atom is 0.263 e. The van der Waals surface area contributed by atoms with Crippen LogP contribution in [0.3, 0.4) is 0 Å². The minimum absolute atomic E-state index is 0.00938. The van der Waals surface area contributed by atoms with E-state index in [0.717, 1.165) is 11.4 Å². The van der Waals surface area contributed by atoms with Crippen LogP contribution in [0.4, 0.5) is 5.69 Å². The maximum absolute atomic E-state index is 12.6. The highest BCUT2D eigenvalue weighted by molar-refractivity contribution is 7.92. The zero-order valence-electron chi connectivity index (χ0n) is 17.6. The second-order valence-corrected chi connectivity index (χ2v) is 9.17. The van der Waals surface area contributed by atoms with Crippen LogP contribution in [0.1, 0.15) is 17.2 Å². The number of ether oxygens (including phenoxy) is 1. The third-order valence-corrected chi connectivity index (χ3v) is 6.36. The van der Waals surface area contributed by atoms with Crippen molar-refractivity contribution < 1.29 is 13.2 Å². The third-order valence-electron chi connectivity index (χ3n) is 4.48. The van der Waals surface area contributed by atoms with Crippen molar-refractivity contribution >= 4 is 27.3 Å². The molecule has 0 atom stereocenters. The van der Waals surface area contributed by atoms with Crippen molar-refractivity contribution in [2.24, 2.45) is 0 Å². The summed E-state index contributed by atoms with van der Waals surface area (Å²) >= 11 is 6.01. The molecule has 0 spiro atoms. The Labute approximate surface area is 190 Å². The number of aromatic nitrogens is 4. The standard InChI is InChI=1S/C22H20ClN5O3S/c1-14-12-15(2)28(26-14)21-13-22(25-16(3)24-21)31-18-10-8-17(9-11-18)27-32(29,30)20-7-5-4-6-19(20)23/h4-13,27H,1-3H3. The Morgan fingerprint density at radius 2 is 1.69 bits per heavy atom. The van der Waals surface area contributed by atoms with Crippen LogP contribution in [0, 0.1) is 20.8 Å². The van der Waals surface area contributed by atoms with E-state index in [1.807, 2.05) is 19.9 Å². The second-order valence-electron chi connectivity index (χ2n) is 7.11. The number of sulfonamides is 1. The molecule has 0 aliphatic rings. The van der Waals surface area contributed by atoms with Crippen LogP contribution in [-0.2, 0) is 10.0 Å². The summed E-state index contributed by atoms with van der Waals surface area (Å²) in [6, 6.07) is 16.4. The highest BCUT2D eigenvalue weighted by Crippen LogP contribution is 2.26. The van der Waals surface area contributed by atoms with Gasteiger partial charge in [-0.05, 0) is 63.2 Å². The molecule has 8 nitrogen and oxygen atoms in total. The van der Waals surface area contributed by atoms with Crippen molar-refractivity contribution in [1.29, 1.82) is 0 Å². The zero-order chi connectivity index (χ0) is 22.9. The molecular formula is C22H20ClN5O3S. The number of halogens is 1. The normalized spacial score (nSPS) is 11.4. The summed E-state index contributed by atoms with van der Waals surface area (Å²) in [5.41, 5.74) is 2.21. The lowest BCUT2D eigenvalue weighted by molar-refractivity contribution is 0.459. The van der Waals surface area contributed by atoms with Crippen LogP contribution < -0.4 is 9.46 Å².